The average molecular weight is 285 g/mol. The average Bonchev–Trinajstić information content (AvgIpc) is 3.15. The van der Waals surface area contributed by atoms with Gasteiger partial charge < -0.3 is 16.0 Å². The molecule has 2 aliphatic carbocycles. The van der Waals surface area contributed by atoms with E-state index in [0.717, 1.165) is 48.4 Å². The van der Waals surface area contributed by atoms with Crippen LogP contribution in [-0.4, -0.2) is 25.5 Å². The number of hydrogen-bond donors (Lipinski definition) is 3. The van der Waals surface area contributed by atoms with Gasteiger partial charge in [0.05, 0.1) is 16.9 Å². The number of carbonyl (C=O) groups is 1. The molecule has 3 N–H and O–H groups in total. The molecule has 3 aliphatic rings. The Hall–Kier alpha value is -1.71. The highest BCUT2D eigenvalue weighted by molar-refractivity contribution is 6.02. The topological polar surface area (TPSA) is 53.2 Å². The Morgan fingerprint density at radius 1 is 1.19 bits per heavy atom. The molecule has 4 rings (SSSR count). The van der Waals surface area contributed by atoms with Gasteiger partial charge in [-0.25, -0.2) is 0 Å². The van der Waals surface area contributed by atoms with Crippen LogP contribution in [0.3, 0.4) is 0 Å². The van der Waals surface area contributed by atoms with Crippen LogP contribution >= 0.6 is 0 Å². The molecule has 3 unspecified atom stereocenters. The van der Waals surface area contributed by atoms with Crippen LogP contribution in [-0.2, 0) is 0 Å². The van der Waals surface area contributed by atoms with Crippen LogP contribution in [0.2, 0.25) is 0 Å². The minimum Gasteiger partial charge on any atom is -0.382 e. The minimum absolute atomic E-state index is 0.0609. The third-order valence-electron chi connectivity index (χ3n) is 5.46. The van der Waals surface area contributed by atoms with Crippen LogP contribution in [0.25, 0.3) is 0 Å². The standard InChI is InChI=1S/C17H23N3O/c21-17(20-10-13-9-11-4-5-12(13)8-11)14-2-1-3-15-16(14)19-7-6-18-15/h1-3,11-13,18-19H,4-10H2,(H,20,21). The van der Waals surface area contributed by atoms with Crippen LogP contribution < -0.4 is 16.0 Å². The van der Waals surface area contributed by atoms with Gasteiger partial charge in [-0.3, -0.25) is 4.79 Å². The van der Waals surface area contributed by atoms with Crippen molar-refractivity contribution >= 4 is 17.3 Å². The Bertz CT molecular complexity index is 557. The summed E-state index contributed by atoms with van der Waals surface area (Å²) in [7, 11) is 0. The van der Waals surface area contributed by atoms with Crippen molar-refractivity contribution in [3.63, 3.8) is 0 Å². The summed E-state index contributed by atoms with van der Waals surface area (Å²) in [6.07, 6.45) is 5.50. The summed E-state index contributed by atoms with van der Waals surface area (Å²) in [5.41, 5.74) is 2.76. The molecule has 2 fully saturated rings. The van der Waals surface area contributed by atoms with Crippen molar-refractivity contribution in [3.05, 3.63) is 23.8 Å². The number of anilines is 2. The van der Waals surface area contributed by atoms with Gasteiger partial charge in [-0.15, -0.1) is 0 Å². The first-order valence-electron chi connectivity index (χ1n) is 8.20. The molecule has 0 spiro atoms. The van der Waals surface area contributed by atoms with Crippen LogP contribution in [0.4, 0.5) is 11.4 Å². The molecule has 21 heavy (non-hydrogen) atoms. The van der Waals surface area contributed by atoms with Gasteiger partial charge in [-0.05, 0) is 49.1 Å². The zero-order valence-corrected chi connectivity index (χ0v) is 12.3. The number of fused-ring (bicyclic) bond motifs is 3. The summed E-state index contributed by atoms with van der Waals surface area (Å²) < 4.78 is 0. The van der Waals surface area contributed by atoms with Gasteiger partial charge in [-0.2, -0.15) is 0 Å². The maximum Gasteiger partial charge on any atom is 0.253 e. The lowest BCUT2D eigenvalue weighted by atomic mass is 9.89. The number of rotatable bonds is 3. The van der Waals surface area contributed by atoms with E-state index in [1.165, 1.54) is 25.7 Å². The Morgan fingerprint density at radius 3 is 2.90 bits per heavy atom. The van der Waals surface area contributed by atoms with E-state index in [1.807, 2.05) is 18.2 Å². The van der Waals surface area contributed by atoms with Gasteiger partial charge >= 0.3 is 0 Å². The van der Waals surface area contributed by atoms with Crippen molar-refractivity contribution in [3.8, 4) is 0 Å². The second-order valence-electron chi connectivity index (χ2n) is 6.73. The second kappa shape index (κ2) is 5.24. The molecule has 0 saturated heterocycles. The highest BCUT2D eigenvalue weighted by atomic mass is 16.1. The molecule has 1 aromatic carbocycles. The van der Waals surface area contributed by atoms with Crippen LogP contribution in [0, 0.1) is 17.8 Å². The molecule has 1 amide bonds. The second-order valence-corrected chi connectivity index (χ2v) is 6.73. The lowest BCUT2D eigenvalue weighted by Gasteiger charge is -2.24. The van der Waals surface area contributed by atoms with Crippen molar-refractivity contribution in [2.75, 3.05) is 30.3 Å². The summed E-state index contributed by atoms with van der Waals surface area (Å²) >= 11 is 0. The van der Waals surface area contributed by atoms with Crippen LogP contribution in [0.5, 0.6) is 0 Å². The van der Waals surface area contributed by atoms with Crippen molar-refractivity contribution < 1.29 is 4.79 Å². The van der Waals surface area contributed by atoms with E-state index in [0.29, 0.717) is 5.92 Å². The van der Waals surface area contributed by atoms with Crippen molar-refractivity contribution in [1.82, 2.24) is 5.32 Å². The fourth-order valence-electron chi connectivity index (χ4n) is 4.41. The van der Waals surface area contributed by atoms with E-state index < -0.39 is 0 Å². The number of benzene rings is 1. The number of nitrogens with one attached hydrogen (secondary N) is 3. The van der Waals surface area contributed by atoms with E-state index >= 15 is 0 Å². The first kappa shape index (κ1) is 13.0. The summed E-state index contributed by atoms with van der Waals surface area (Å²) in [5, 5.41) is 9.85. The van der Waals surface area contributed by atoms with Crippen LogP contribution in [0.15, 0.2) is 18.2 Å². The molecule has 1 aliphatic heterocycles. The van der Waals surface area contributed by atoms with Gasteiger partial charge in [0.15, 0.2) is 0 Å². The smallest absolute Gasteiger partial charge is 0.253 e. The van der Waals surface area contributed by atoms with E-state index in [1.54, 1.807) is 0 Å². The Balaban J connectivity index is 1.43. The molecule has 3 atom stereocenters. The van der Waals surface area contributed by atoms with Gasteiger partial charge in [0, 0.05) is 19.6 Å². The molecule has 2 saturated carbocycles. The molecule has 1 heterocycles. The summed E-state index contributed by atoms with van der Waals surface area (Å²) in [4.78, 5) is 12.5. The van der Waals surface area contributed by atoms with Crippen molar-refractivity contribution in [2.45, 2.75) is 25.7 Å². The Labute approximate surface area is 125 Å². The molecule has 112 valence electrons. The zero-order chi connectivity index (χ0) is 14.2. The molecule has 1 aromatic rings. The highest BCUT2D eigenvalue weighted by Gasteiger charge is 2.39. The molecule has 2 bridgehead atoms. The van der Waals surface area contributed by atoms with E-state index in [-0.39, 0.29) is 5.91 Å². The van der Waals surface area contributed by atoms with E-state index in [2.05, 4.69) is 16.0 Å². The lowest BCUT2D eigenvalue weighted by Crippen LogP contribution is -2.33. The quantitative estimate of drug-likeness (QED) is 0.800. The predicted molar refractivity (Wildman–Crippen MR) is 84.7 cm³/mol. The van der Waals surface area contributed by atoms with Gasteiger partial charge in [0.1, 0.15) is 0 Å². The summed E-state index contributed by atoms with van der Waals surface area (Å²) in [5.74, 6) is 2.57. The normalized spacial score (nSPS) is 29.4. The van der Waals surface area contributed by atoms with Crippen molar-refractivity contribution in [2.24, 2.45) is 17.8 Å². The first-order chi connectivity index (χ1) is 10.3. The van der Waals surface area contributed by atoms with Crippen molar-refractivity contribution in [1.29, 1.82) is 0 Å². The number of hydrogen-bond acceptors (Lipinski definition) is 3. The number of amides is 1. The van der Waals surface area contributed by atoms with Gasteiger partial charge in [-0.1, -0.05) is 12.5 Å². The Morgan fingerprint density at radius 2 is 2.10 bits per heavy atom. The van der Waals surface area contributed by atoms with E-state index in [4.69, 9.17) is 0 Å². The minimum atomic E-state index is 0.0609. The predicted octanol–water partition coefficient (Wildman–Crippen LogP) is 2.69. The summed E-state index contributed by atoms with van der Waals surface area (Å²) in [6, 6.07) is 5.88. The SMILES string of the molecule is O=C(NCC1CC2CCC1C2)c1cccc2c1NCCN2. The molecule has 4 heteroatoms. The maximum atomic E-state index is 12.5. The fourth-order valence-corrected chi connectivity index (χ4v) is 4.41. The first-order valence-corrected chi connectivity index (χ1v) is 8.20. The van der Waals surface area contributed by atoms with Crippen LogP contribution in [0.1, 0.15) is 36.0 Å². The lowest BCUT2D eigenvalue weighted by molar-refractivity contribution is 0.0942. The highest BCUT2D eigenvalue weighted by Crippen LogP contribution is 2.47. The zero-order valence-electron chi connectivity index (χ0n) is 12.3. The largest absolute Gasteiger partial charge is 0.382 e. The van der Waals surface area contributed by atoms with Gasteiger partial charge in [0.25, 0.3) is 5.91 Å². The molecule has 0 radical (unpaired) electrons. The molecular formula is C17H23N3O. The number of para-hydroxylation sites is 1. The fraction of sp³-hybridized carbons (Fsp3) is 0.588. The third kappa shape index (κ3) is 2.37. The molecule has 0 aromatic heterocycles. The molecule has 4 nitrogen and oxygen atoms in total. The van der Waals surface area contributed by atoms with E-state index in [9.17, 15) is 4.79 Å². The third-order valence-corrected chi connectivity index (χ3v) is 5.46. The maximum absolute atomic E-state index is 12.5. The Kier molecular flexibility index (Phi) is 3.24. The number of carbonyl (C=O) groups excluding carboxylic acids is 1. The summed E-state index contributed by atoms with van der Waals surface area (Å²) in [6.45, 7) is 2.62. The van der Waals surface area contributed by atoms with Gasteiger partial charge in [0.2, 0.25) is 0 Å². The monoisotopic (exact) mass is 285 g/mol. The molecular weight excluding hydrogens is 262 g/mol.